The fourth-order valence-electron chi connectivity index (χ4n) is 1.10. The Balaban J connectivity index is 2.29. The number of benzene rings is 1. The Labute approximate surface area is 95.9 Å². The molecule has 0 N–H and O–H groups in total. The van der Waals surface area contributed by atoms with E-state index in [2.05, 4.69) is 18.3 Å². The van der Waals surface area contributed by atoms with E-state index in [4.69, 9.17) is 16.4 Å². The number of rotatable bonds is 6. The van der Waals surface area contributed by atoms with Crippen LogP contribution in [0, 0.1) is 0 Å². The summed E-state index contributed by atoms with van der Waals surface area (Å²) < 4.78 is 0. The summed E-state index contributed by atoms with van der Waals surface area (Å²) in [5.41, 5.74) is 0.759. The molecule has 15 heavy (non-hydrogen) atoms. The molecule has 3 heteroatoms. The molecule has 0 bridgehead atoms. The number of hydrogen-bond donors (Lipinski definition) is 0. The Morgan fingerprint density at radius 1 is 1.33 bits per heavy atom. The van der Waals surface area contributed by atoms with Crippen LogP contribution in [0.5, 0.6) is 0 Å². The molecule has 81 valence electrons. The topological polar surface area (TPSA) is 21.6 Å². The Bertz CT molecular complexity index is 312. The largest absolute Gasteiger partial charge is 0.395 e. The normalized spacial score (nSPS) is 10.8. The molecule has 0 saturated heterocycles. The molecular weight excluding hydrogens is 210 g/mol. The van der Waals surface area contributed by atoms with E-state index >= 15 is 0 Å². The molecule has 1 rings (SSSR count). The SMILES string of the molecule is CCCCCO/N=[C]/c1ccccc1Cl. The summed E-state index contributed by atoms with van der Waals surface area (Å²) in [7, 11) is 0. The zero-order valence-electron chi connectivity index (χ0n) is 8.87. The van der Waals surface area contributed by atoms with Crippen LogP contribution in [0.15, 0.2) is 29.4 Å². The van der Waals surface area contributed by atoms with Crippen molar-refractivity contribution < 1.29 is 4.84 Å². The molecule has 0 amide bonds. The maximum atomic E-state index is 5.91. The fourth-order valence-corrected chi connectivity index (χ4v) is 1.27. The van der Waals surface area contributed by atoms with Crippen LogP contribution in [0.1, 0.15) is 31.7 Å². The highest BCUT2D eigenvalue weighted by Crippen LogP contribution is 2.12. The molecular formula is C12H15ClNO. The van der Waals surface area contributed by atoms with Crippen molar-refractivity contribution in [3.05, 3.63) is 34.9 Å². The summed E-state index contributed by atoms with van der Waals surface area (Å²) in [6, 6.07) is 7.41. The number of halogens is 1. The van der Waals surface area contributed by atoms with E-state index in [0.29, 0.717) is 11.6 Å². The first-order valence-corrected chi connectivity index (χ1v) is 5.55. The van der Waals surface area contributed by atoms with Gasteiger partial charge in [0, 0.05) is 5.56 Å². The van der Waals surface area contributed by atoms with Crippen molar-refractivity contribution in [2.24, 2.45) is 5.16 Å². The zero-order valence-corrected chi connectivity index (χ0v) is 9.63. The van der Waals surface area contributed by atoms with Crippen LogP contribution >= 0.6 is 11.6 Å². The van der Waals surface area contributed by atoms with E-state index in [1.807, 2.05) is 18.2 Å². The van der Waals surface area contributed by atoms with Crippen molar-refractivity contribution >= 4 is 17.8 Å². The molecule has 0 aliphatic heterocycles. The summed E-state index contributed by atoms with van der Waals surface area (Å²) in [5.74, 6) is 0. The van der Waals surface area contributed by atoms with Crippen LogP contribution in [0.2, 0.25) is 5.02 Å². The van der Waals surface area contributed by atoms with E-state index in [0.717, 1.165) is 12.0 Å². The molecule has 0 spiro atoms. The van der Waals surface area contributed by atoms with Crippen molar-refractivity contribution in [3.8, 4) is 0 Å². The minimum atomic E-state index is 0.637. The van der Waals surface area contributed by atoms with Gasteiger partial charge in [-0.25, -0.2) is 0 Å². The van der Waals surface area contributed by atoms with Crippen LogP contribution in [-0.2, 0) is 4.84 Å². The Morgan fingerprint density at radius 3 is 2.87 bits per heavy atom. The average Bonchev–Trinajstić information content (AvgIpc) is 2.25. The highest BCUT2D eigenvalue weighted by atomic mass is 35.5. The Kier molecular flexibility index (Phi) is 5.86. The first-order valence-electron chi connectivity index (χ1n) is 5.17. The highest BCUT2D eigenvalue weighted by molar-refractivity contribution is 6.33. The lowest BCUT2D eigenvalue weighted by Gasteiger charge is -1.97. The van der Waals surface area contributed by atoms with Crippen LogP contribution in [-0.4, -0.2) is 12.8 Å². The van der Waals surface area contributed by atoms with Gasteiger partial charge in [-0.2, -0.15) is 0 Å². The number of hydrogen-bond acceptors (Lipinski definition) is 2. The molecule has 0 aromatic heterocycles. The second kappa shape index (κ2) is 7.30. The highest BCUT2D eigenvalue weighted by Gasteiger charge is 1.94. The maximum Gasteiger partial charge on any atom is 0.141 e. The van der Waals surface area contributed by atoms with Gasteiger partial charge >= 0.3 is 0 Å². The molecule has 1 aromatic rings. The summed E-state index contributed by atoms with van der Waals surface area (Å²) in [4.78, 5) is 5.05. The molecule has 0 saturated carbocycles. The second-order valence-electron chi connectivity index (χ2n) is 3.22. The van der Waals surface area contributed by atoms with Crippen molar-refractivity contribution in [2.75, 3.05) is 6.61 Å². The molecule has 1 radical (unpaired) electrons. The molecule has 0 unspecified atom stereocenters. The molecule has 0 aliphatic rings. The lowest BCUT2D eigenvalue weighted by Crippen LogP contribution is -1.89. The summed E-state index contributed by atoms with van der Waals surface area (Å²) in [5, 5.41) is 4.38. The quantitative estimate of drug-likeness (QED) is 0.410. The molecule has 1 aromatic carbocycles. The standard InChI is InChI=1S/C12H15ClNO/c1-2-3-6-9-15-14-10-11-7-4-5-8-12(11)13/h4-5,7-8H,2-3,6,9H2,1H3. The van der Waals surface area contributed by atoms with Crippen LogP contribution in [0.4, 0.5) is 0 Å². The van der Waals surface area contributed by atoms with Crippen molar-refractivity contribution in [2.45, 2.75) is 26.2 Å². The van der Waals surface area contributed by atoms with Crippen molar-refractivity contribution in [1.82, 2.24) is 0 Å². The van der Waals surface area contributed by atoms with Gasteiger partial charge in [0.25, 0.3) is 0 Å². The molecule has 0 fully saturated rings. The minimum absolute atomic E-state index is 0.637. The molecule has 0 atom stereocenters. The lowest BCUT2D eigenvalue weighted by molar-refractivity contribution is 0.141. The minimum Gasteiger partial charge on any atom is -0.395 e. The van der Waals surface area contributed by atoms with Crippen LogP contribution < -0.4 is 0 Å². The molecule has 2 nitrogen and oxygen atoms in total. The van der Waals surface area contributed by atoms with Crippen molar-refractivity contribution in [3.63, 3.8) is 0 Å². The number of unbranched alkanes of at least 4 members (excludes halogenated alkanes) is 2. The smallest absolute Gasteiger partial charge is 0.141 e. The van der Waals surface area contributed by atoms with Gasteiger partial charge in [-0.15, -0.1) is 0 Å². The van der Waals surface area contributed by atoms with Crippen LogP contribution in [0.3, 0.4) is 0 Å². The average molecular weight is 225 g/mol. The summed E-state index contributed by atoms with van der Waals surface area (Å²) in [6.07, 6.45) is 6.14. The fraction of sp³-hybridized carbons (Fsp3) is 0.417. The van der Waals surface area contributed by atoms with Gasteiger partial charge in [0.15, 0.2) is 0 Å². The second-order valence-corrected chi connectivity index (χ2v) is 3.63. The molecule has 0 aliphatic carbocycles. The monoisotopic (exact) mass is 224 g/mol. The third kappa shape index (κ3) is 4.84. The third-order valence-corrected chi connectivity index (χ3v) is 2.27. The third-order valence-electron chi connectivity index (χ3n) is 1.94. The van der Waals surface area contributed by atoms with E-state index < -0.39 is 0 Å². The van der Waals surface area contributed by atoms with E-state index in [1.165, 1.54) is 12.8 Å². The first-order chi connectivity index (χ1) is 7.34. The van der Waals surface area contributed by atoms with Gasteiger partial charge in [0.2, 0.25) is 0 Å². The van der Waals surface area contributed by atoms with Gasteiger partial charge in [0.05, 0.1) is 5.02 Å². The molecule has 0 heterocycles. The van der Waals surface area contributed by atoms with Gasteiger partial charge < -0.3 is 4.84 Å². The number of nitrogens with zero attached hydrogens (tertiary/aromatic N) is 1. The van der Waals surface area contributed by atoms with E-state index in [1.54, 1.807) is 6.07 Å². The van der Waals surface area contributed by atoms with Crippen LogP contribution in [0.25, 0.3) is 0 Å². The first kappa shape index (κ1) is 12.1. The summed E-state index contributed by atoms with van der Waals surface area (Å²) >= 11 is 5.91. The maximum absolute atomic E-state index is 5.91. The Hall–Kier alpha value is -1.02. The van der Waals surface area contributed by atoms with E-state index in [-0.39, 0.29) is 0 Å². The lowest BCUT2D eigenvalue weighted by atomic mass is 10.2. The Morgan fingerprint density at radius 2 is 2.13 bits per heavy atom. The van der Waals surface area contributed by atoms with Gasteiger partial charge in [-0.3, -0.25) is 0 Å². The van der Waals surface area contributed by atoms with E-state index in [9.17, 15) is 0 Å². The van der Waals surface area contributed by atoms with Gasteiger partial charge in [-0.05, 0) is 12.5 Å². The van der Waals surface area contributed by atoms with Crippen molar-refractivity contribution in [1.29, 1.82) is 0 Å². The predicted molar refractivity (Wildman–Crippen MR) is 63.5 cm³/mol. The van der Waals surface area contributed by atoms with Gasteiger partial charge in [-0.1, -0.05) is 54.7 Å². The predicted octanol–water partition coefficient (Wildman–Crippen LogP) is 3.76. The van der Waals surface area contributed by atoms with Gasteiger partial charge in [0.1, 0.15) is 12.8 Å². The zero-order chi connectivity index (χ0) is 10.9. The summed E-state index contributed by atoms with van der Waals surface area (Å²) in [6.45, 7) is 2.80.